The Kier molecular flexibility index (Phi) is 10.9. The number of carbonyl (C=O) groups is 2. The van der Waals surface area contributed by atoms with Crippen molar-refractivity contribution in [2.45, 2.75) is 59.2 Å². The molecule has 0 aliphatic heterocycles. The van der Waals surface area contributed by atoms with E-state index in [2.05, 4.69) is 5.32 Å². The van der Waals surface area contributed by atoms with Crippen molar-refractivity contribution in [1.29, 1.82) is 0 Å². The lowest BCUT2D eigenvalue weighted by Gasteiger charge is -2.15. The third-order valence-corrected chi connectivity index (χ3v) is 4.87. The predicted octanol–water partition coefficient (Wildman–Crippen LogP) is 2.86. The number of hydrogen-bond donors (Lipinski definition) is 2. The third kappa shape index (κ3) is 11.6. The van der Waals surface area contributed by atoms with Crippen molar-refractivity contribution in [3.63, 3.8) is 0 Å². The standard InChI is InChI=1S/C14H28NO6P/c1-4-6-10-22(18,19)11-7-9-15-14(17)21-12(3)20-13(16)8-5-2/h12H,4-11H2,1-3H3,(H,15,17)(H,18,19). The number of carbonyl (C=O) groups excluding carboxylic acids is 2. The molecule has 0 aromatic carbocycles. The van der Waals surface area contributed by atoms with E-state index in [1.165, 1.54) is 6.92 Å². The van der Waals surface area contributed by atoms with Crippen LogP contribution in [0.3, 0.4) is 0 Å². The first-order valence-electron chi connectivity index (χ1n) is 7.75. The van der Waals surface area contributed by atoms with E-state index in [1.807, 2.05) is 13.8 Å². The normalized spacial score (nSPS) is 14.7. The Morgan fingerprint density at radius 2 is 1.77 bits per heavy atom. The average Bonchev–Trinajstić information content (AvgIpc) is 2.41. The topological polar surface area (TPSA) is 102 Å². The van der Waals surface area contributed by atoms with Crippen LogP contribution in [-0.4, -0.2) is 42.1 Å². The maximum absolute atomic E-state index is 11.7. The second kappa shape index (κ2) is 11.5. The summed E-state index contributed by atoms with van der Waals surface area (Å²) in [6.45, 7) is 5.51. The SMILES string of the molecule is CCCCP(=O)(O)CCCNC(=O)OC(C)OC(=O)CCC. The molecule has 0 aromatic rings. The van der Waals surface area contributed by atoms with E-state index < -0.39 is 25.7 Å². The smallest absolute Gasteiger partial charge is 0.410 e. The Bertz CT molecular complexity index is 388. The van der Waals surface area contributed by atoms with Gasteiger partial charge in [0.25, 0.3) is 0 Å². The number of hydrogen-bond acceptors (Lipinski definition) is 5. The molecule has 2 atom stereocenters. The largest absolute Gasteiger partial charge is 0.425 e. The molecule has 0 radical (unpaired) electrons. The molecule has 8 heteroatoms. The maximum atomic E-state index is 11.7. The minimum Gasteiger partial charge on any atom is -0.425 e. The van der Waals surface area contributed by atoms with E-state index in [0.717, 1.165) is 12.8 Å². The van der Waals surface area contributed by atoms with E-state index in [4.69, 9.17) is 9.47 Å². The zero-order valence-corrected chi connectivity index (χ0v) is 14.6. The van der Waals surface area contributed by atoms with Crippen molar-refractivity contribution < 1.29 is 28.5 Å². The van der Waals surface area contributed by atoms with Crippen LogP contribution in [0.25, 0.3) is 0 Å². The number of esters is 1. The molecule has 0 fully saturated rings. The molecule has 0 aliphatic rings. The zero-order valence-electron chi connectivity index (χ0n) is 13.7. The number of nitrogens with one attached hydrogen (secondary N) is 1. The van der Waals surface area contributed by atoms with Gasteiger partial charge in [0.15, 0.2) is 0 Å². The summed E-state index contributed by atoms with van der Waals surface area (Å²) in [7, 11) is -3.08. The van der Waals surface area contributed by atoms with Crippen molar-refractivity contribution in [3.05, 3.63) is 0 Å². The molecular weight excluding hydrogens is 309 g/mol. The Morgan fingerprint density at radius 3 is 2.36 bits per heavy atom. The summed E-state index contributed by atoms with van der Waals surface area (Å²) in [6.07, 6.45) is 1.78. The number of rotatable bonds is 11. The van der Waals surface area contributed by atoms with Crippen molar-refractivity contribution in [2.75, 3.05) is 18.9 Å². The Morgan fingerprint density at radius 1 is 1.14 bits per heavy atom. The monoisotopic (exact) mass is 337 g/mol. The molecule has 1 amide bonds. The van der Waals surface area contributed by atoms with Crippen LogP contribution in [0.5, 0.6) is 0 Å². The van der Waals surface area contributed by atoms with Crippen molar-refractivity contribution in [3.8, 4) is 0 Å². The number of unbranched alkanes of at least 4 members (excludes halogenated alkanes) is 1. The van der Waals surface area contributed by atoms with Gasteiger partial charge in [-0.3, -0.25) is 9.36 Å². The van der Waals surface area contributed by atoms with Crippen molar-refractivity contribution >= 4 is 19.4 Å². The lowest BCUT2D eigenvalue weighted by molar-refractivity contribution is -0.164. The summed E-state index contributed by atoms with van der Waals surface area (Å²) in [4.78, 5) is 32.3. The molecule has 7 nitrogen and oxygen atoms in total. The highest BCUT2D eigenvalue weighted by atomic mass is 31.2. The first kappa shape index (κ1) is 20.9. The van der Waals surface area contributed by atoms with Gasteiger partial charge < -0.3 is 19.7 Å². The molecule has 0 heterocycles. The van der Waals surface area contributed by atoms with Gasteiger partial charge in [-0.2, -0.15) is 0 Å². The van der Waals surface area contributed by atoms with Gasteiger partial charge in [-0.1, -0.05) is 20.3 Å². The van der Waals surface area contributed by atoms with Gasteiger partial charge in [0.05, 0.1) is 0 Å². The lowest BCUT2D eigenvalue weighted by Crippen LogP contribution is -2.31. The summed E-state index contributed by atoms with van der Waals surface area (Å²) in [5.74, 6) is -0.417. The fraction of sp³-hybridized carbons (Fsp3) is 0.857. The molecule has 0 spiro atoms. The summed E-state index contributed by atoms with van der Waals surface area (Å²) < 4.78 is 21.4. The molecule has 0 saturated carbocycles. The zero-order chi connectivity index (χ0) is 17.0. The van der Waals surface area contributed by atoms with Gasteiger partial charge in [0.2, 0.25) is 13.7 Å². The van der Waals surface area contributed by atoms with Crippen LogP contribution in [0.2, 0.25) is 0 Å². The van der Waals surface area contributed by atoms with Crippen molar-refractivity contribution in [2.24, 2.45) is 0 Å². The molecule has 22 heavy (non-hydrogen) atoms. The van der Waals surface area contributed by atoms with E-state index >= 15 is 0 Å². The quantitative estimate of drug-likeness (QED) is 0.260. The molecule has 2 unspecified atom stereocenters. The van der Waals surface area contributed by atoms with Crippen LogP contribution in [0.4, 0.5) is 4.79 Å². The fourth-order valence-corrected chi connectivity index (χ4v) is 3.38. The highest BCUT2D eigenvalue weighted by molar-refractivity contribution is 7.57. The second-order valence-electron chi connectivity index (χ2n) is 5.14. The van der Waals surface area contributed by atoms with E-state index in [1.54, 1.807) is 0 Å². The Labute approximate surface area is 132 Å². The van der Waals surface area contributed by atoms with Gasteiger partial charge in [0.1, 0.15) is 0 Å². The van der Waals surface area contributed by atoms with Gasteiger partial charge in [-0.05, 0) is 19.3 Å². The molecule has 130 valence electrons. The van der Waals surface area contributed by atoms with Crippen LogP contribution < -0.4 is 5.32 Å². The average molecular weight is 337 g/mol. The van der Waals surface area contributed by atoms with Gasteiger partial charge in [-0.25, -0.2) is 4.79 Å². The van der Waals surface area contributed by atoms with Crippen LogP contribution in [-0.2, 0) is 18.8 Å². The van der Waals surface area contributed by atoms with Crippen LogP contribution in [0, 0.1) is 0 Å². The third-order valence-electron chi connectivity index (χ3n) is 2.84. The lowest BCUT2D eigenvalue weighted by atomic mass is 10.3. The molecule has 0 aliphatic carbocycles. The van der Waals surface area contributed by atoms with Gasteiger partial charge in [0, 0.05) is 32.2 Å². The number of ether oxygens (including phenoxy) is 2. The predicted molar refractivity (Wildman–Crippen MR) is 84.0 cm³/mol. The molecule has 0 bridgehead atoms. The molecule has 2 N–H and O–H groups in total. The number of amides is 1. The van der Waals surface area contributed by atoms with E-state index in [9.17, 15) is 19.0 Å². The van der Waals surface area contributed by atoms with E-state index in [-0.39, 0.29) is 19.1 Å². The van der Waals surface area contributed by atoms with Gasteiger partial charge >= 0.3 is 12.1 Å². The number of alkyl carbamates (subject to hydrolysis) is 1. The summed E-state index contributed by atoms with van der Waals surface area (Å²) in [5.41, 5.74) is 0. The first-order chi connectivity index (χ1) is 10.3. The molecular formula is C14H28NO6P. The second-order valence-corrected chi connectivity index (χ2v) is 7.73. The summed E-state index contributed by atoms with van der Waals surface area (Å²) in [5, 5.41) is 2.46. The molecule has 0 saturated heterocycles. The summed E-state index contributed by atoms with van der Waals surface area (Å²) >= 11 is 0. The van der Waals surface area contributed by atoms with Gasteiger partial charge in [-0.15, -0.1) is 0 Å². The highest BCUT2D eigenvalue weighted by Gasteiger charge is 2.17. The Balaban J connectivity index is 3.81. The fourth-order valence-electron chi connectivity index (χ4n) is 1.70. The maximum Gasteiger partial charge on any atom is 0.410 e. The van der Waals surface area contributed by atoms with Crippen molar-refractivity contribution in [1.82, 2.24) is 5.32 Å². The van der Waals surface area contributed by atoms with E-state index in [0.29, 0.717) is 19.0 Å². The molecule has 0 rings (SSSR count). The first-order valence-corrected chi connectivity index (χ1v) is 9.78. The van der Waals surface area contributed by atoms with Crippen LogP contribution in [0.15, 0.2) is 0 Å². The minimum atomic E-state index is -3.08. The Hall–Kier alpha value is -1.07. The van der Waals surface area contributed by atoms with Crippen LogP contribution >= 0.6 is 7.37 Å². The highest BCUT2D eigenvalue weighted by Crippen LogP contribution is 2.41. The molecule has 0 aromatic heterocycles. The minimum absolute atomic E-state index is 0.175. The van der Waals surface area contributed by atoms with Crippen LogP contribution in [0.1, 0.15) is 52.9 Å². The summed E-state index contributed by atoms with van der Waals surface area (Å²) in [6, 6.07) is 0.